The maximum Gasteiger partial charge on any atom is 0.286 e. The van der Waals surface area contributed by atoms with E-state index < -0.39 is 0 Å². The van der Waals surface area contributed by atoms with Gasteiger partial charge in [-0.05, 0) is 54.6 Å². The van der Waals surface area contributed by atoms with Gasteiger partial charge in [0.15, 0.2) is 16.7 Å². The molecule has 0 spiro atoms. The lowest BCUT2D eigenvalue weighted by Gasteiger charge is -2.13. The number of para-hydroxylation sites is 1. The Balaban J connectivity index is 1.57. The van der Waals surface area contributed by atoms with Crippen molar-refractivity contribution in [3.63, 3.8) is 0 Å². The molecule has 2 aromatic rings. The van der Waals surface area contributed by atoms with Crippen LogP contribution in [-0.2, 0) is 4.79 Å². The van der Waals surface area contributed by atoms with E-state index in [1.54, 1.807) is 12.1 Å². The quantitative estimate of drug-likeness (QED) is 0.463. The van der Waals surface area contributed by atoms with E-state index >= 15 is 0 Å². The van der Waals surface area contributed by atoms with Gasteiger partial charge in [0.1, 0.15) is 5.75 Å². The number of halogens is 1. The summed E-state index contributed by atoms with van der Waals surface area (Å²) in [5, 5.41) is 0.841. The molecule has 2 N–H and O–H groups in total. The first kappa shape index (κ1) is 21.1. The van der Waals surface area contributed by atoms with Crippen LogP contribution in [0.5, 0.6) is 17.2 Å². The van der Waals surface area contributed by atoms with Gasteiger partial charge < -0.3 is 19.9 Å². The van der Waals surface area contributed by atoms with Crippen molar-refractivity contribution in [1.82, 2.24) is 0 Å². The molecule has 0 aliphatic carbocycles. The average Bonchev–Trinajstić information content (AvgIpc) is 3.01. The molecule has 0 saturated carbocycles. The van der Waals surface area contributed by atoms with Gasteiger partial charge in [-0.15, -0.1) is 0 Å². The van der Waals surface area contributed by atoms with E-state index in [9.17, 15) is 4.79 Å². The second-order valence-electron chi connectivity index (χ2n) is 5.99. The highest BCUT2D eigenvalue weighted by Gasteiger charge is 2.19. The van der Waals surface area contributed by atoms with Gasteiger partial charge in [0.2, 0.25) is 0 Å². The molecule has 6 nitrogen and oxygen atoms in total. The number of amides is 1. The van der Waals surface area contributed by atoms with Crippen molar-refractivity contribution in [2.24, 2.45) is 10.7 Å². The normalized spacial score (nSPS) is 14.8. The number of nitrogens with two attached hydrogens (primary N) is 1. The molecule has 2 aromatic carbocycles. The number of benzene rings is 2. The predicted molar refractivity (Wildman–Crippen MR) is 117 cm³/mol. The van der Waals surface area contributed by atoms with E-state index in [0.717, 1.165) is 17.3 Å². The van der Waals surface area contributed by atoms with Gasteiger partial charge >= 0.3 is 0 Å². The summed E-state index contributed by atoms with van der Waals surface area (Å²) in [6, 6.07) is 12.9. The summed E-state index contributed by atoms with van der Waals surface area (Å²) in [6.45, 7) is 3.34. The van der Waals surface area contributed by atoms with Crippen molar-refractivity contribution in [3.8, 4) is 17.2 Å². The Morgan fingerprint density at radius 2 is 1.83 bits per heavy atom. The number of carbonyl (C=O) groups is 1. The topological polar surface area (TPSA) is 83.1 Å². The van der Waals surface area contributed by atoms with Gasteiger partial charge in [-0.2, -0.15) is 4.99 Å². The summed E-state index contributed by atoms with van der Waals surface area (Å²) in [5.74, 6) is 1.57. The molecule has 0 bridgehead atoms. The van der Waals surface area contributed by atoms with Gasteiger partial charge in [-0.1, -0.05) is 29.8 Å². The van der Waals surface area contributed by atoms with Gasteiger partial charge in [-0.3, -0.25) is 4.79 Å². The van der Waals surface area contributed by atoms with E-state index in [2.05, 4.69) is 4.99 Å². The van der Waals surface area contributed by atoms with Gasteiger partial charge in [0, 0.05) is 6.42 Å². The van der Waals surface area contributed by atoms with Crippen molar-refractivity contribution in [1.29, 1.82) is 0 Å². The third-order valence-electron chi connectivity index (χ3n) is 3.84. The molecule has 152 valence electrons. The Hall–Kier alpha value is -2.64. The zero-order valence-corrected chi connectivity index (χ0v) is 17.5. The molecule has 0 radical (unpaired) electrons. The Bertz CT molecular complexity index is 946. The Morgan fingerprint density at radius 3 is 2.52 bits per heavy atom. The number of carbonyl (C=O) groups excluding carboxylic acids is 1. The summed E-state index contributed by atoms with van der Waals surface area (Å²) in [4.78, 5) is 15.9. The molecular formula is C21H21ClN2O4S. The Labute approximate surface area is 178 Å². The minimum atomic E-state index is -0.329. The maximum absolute atomic E-state index is 11.8. The van der Waals surface area contributed by atoms with Crippen LogP contribution in [0.15, 0.2) is 52.4 Å². The SMILES string of the molecule is CCOc1cc(/C=C2\SC(N)=NC2=O)ccc1OCCCOc1ccccc1Cl. The molecule has 0 aromatic heterocycles. The van der Waals surface area contributed by atoms with E-state index in [0.29, 0.717) is 53.4 Å². The highest BCUT2D eigenvalue weighted by Crippen LogP contribution is 2.32. The molecule has 0 fully saturated rings. The van der Waals surface area contributed by atoms with E-state index in [-0.39, 0.29) is 11.1 Å². The van der Waals surface area contributed by atoms with Crippen molar-refractivity contribution in [3.05, 3.63) is 58.0 Å². The molecule has 3 rings (SSSR count). The summed E-state index contributed by atoms with van der Waals surface area (Å²) in [5.41, 5.74) is 6.39. The number of hydrogen-bond acceptors (Lipinski definition) is 6. The fourth-order valence-electron chi connectivity index (χ4n) is 2.56. The lowest BCUT2D eigenvalue weighted by molar-refractivity contribution is -0.113. The monoisotopic (exact) mass is 432 g/mol. The molecular weight excluding hydrogens is 412 g/mol. The average molecular weight is 433 g/mol. The van der Waals surface area contributed by atoms with Crippen LogP contribution in [0.4, 0.5) is 0 Å². The van der Waals surface area contributed by atoms with Crippen molar-refractivity contribution >= 4 is 40.5 Å². The highest BCUT2D eigenvalue weighted by atomic mass is 35.5. The number of ether oxygens (including phenoxy) is 3. The minimum absolute atomic E-state index is 0.255. The van der Waals surface area contributed by atoms with Crippen LogP contribution in [0.2, 0.25) is 5.02 Å². The fraction of sp³-hybridized carbons (Fsp3) is 0.238. The summed E-state index contributed by atoms with van der Waals surface area (Å²) in [7, 11) is 0. The lowest BCUT2D eigenvalue weighted by Crippen LogP contribution is -2.06. The van der Waals surface area contributed by atoms with Crippen molar-refractivity contribution in [2.45, 2.75) is 13.3 Å². The molecule has 1 amide bonds. The molecule has 0 atom stereocenters. The molecule has 8 heteroatoms. The molecule has 0 saturated heterocycles. The smallest absolute Gasteiger partial charge is 0.286 e. The third-order valence-corrected chi connectivity index (χ3v) is 4.97. The first-order chi connectivity index (χ1) is 14.1. The van der Waals surface area contributed by atoms with E-state index in [1.807, 2.05) is 43.3 Å². The number of rotatable bonds is 9. The first-order valence-electron chi connectivity index (χ1n) is 9.12. The predicted octanol–water partition coefficient (Wildman–Crippen LogP) is 4.52. The van der Waals surface area contributed by atoms with Crippen molar-refractivity contribution in [2.75, 3.05) is 19.8 Å². The van der Waals surface area contributed by atoms with Crippen LogP contribution in [-0.4, -0.2) is 30.9 Å². The van der Waals surface area contributed by atoms with Crippen LogP contribution in [0.3, 0.4) is 0 Å². The maximum atomic E-state index is 11.8. The number of aliphatic imine (C=N–C) groups is 1. The largest absolute Gasteiger partial charge is 0.492 e. The minimum Gasteiger partial charge on any atom is -0.492 e. The summed E-state index contributed by atoms with van der Waals surface area (Å²) < 4.78 is 17.2. The summed E-state index contributed by atoms with van der Waals surface area (Å²) in [6.07, 6.45) is 2.42. The standard InChI is InChI=1S/C21H21ClN2O4S/c1-2-26-18-12-14(13-19-20(25)24-21(23)29-19)8-9-17(18)28-11-5-10-27-16-7-4-3-6-15(16)22/h3-4,6-9,12-13H,2,5,10-11H2,1H3,(H2,23,24,25)/b19-13-. The van der Waals surface area contributed by atoms with Crippen LogP contribution >= 0.6 is 23.4 Å². The second-order valence-corrected chi connectivity index (χ2v) is 7.46. The molecule has 1 aliphatic rings. The Kier molecular flexibility index (Phi) is 7.43. The highest BCUT2D eigenvalue weighted by molar-refractivity contribution is 8.18. The number of nitrogens with zero attached hydrogens (tertiary/aromatic N) is 1. The first-order valence-corrected chi connectivity index (χ1v) is 10.3. The van der Waals surface area contributed by atoms with E-state index in [4.69, 9.17) is 31.5 Å². The number of hydrogen-bond donors (Lipinski definition) is 1. The third kappa shape index (κ3) is 5.92. The van der Waals surface area contributed by atoms with Gasteiger partial charge in [0.05, 0.1) is 29.7 Å². The molecule has 1 aliphatic heterocycles. The van der Waals surface area contributed by atoms with Crippen molar-refractivity contribution < 1.29 is 19.0 Å². The van der Waals surface area contributed by atoms with Gasteiger partial charge in [0.25, 0.3) is 5.91 Å². The van der Waals surface area contributed by atoms with Crippen LogP contribution < -0.4 is 19.9 Å². The van der Waals surface area contributed by atoms with Crippen LogP contribution in [0.25, 0.3) is 6.08 Å². The van der Waals surface area contributed by atoms with E-state index in [1.165, 1.54) is 0 Å². The number of amidine groups is 1. The molecule has 0 unspecified atom stereocenters. The fourth-order valence-corrected chi connectivity index (χ4v) is 3.44. The van der Waals surface area contributed by atoms with Crippen LogP contribution in [0.1, 0.15) is 18.9 Å². The zero-order valence-electron chi connectivity index (χ0n) is 15.9. The number of thioether (sulfide) groups is 1. The lowest BCUT2D eigenvalue weighted by atomic mass is 10.2. The summed E-state index contributed by atoms with van der Waals surface area (Å²) >= 11 is 7.22. The molecule has 29 heavy (non-hydrogen) atoms. The van der Waals surface area contributed by atoms with Crippen LogP contribution in [0, 0.1) is 0 Å². The van der Waals surface area contributed by atoms with Gasteiger partial charge in [-0.25, -0.2) is 0 Å². The zero-order chi connectivity index (χ0) is 20.6. The second kappa shape index (κ2) is 10.2. The molecule has 1 heterocycles. The Morgan fingerprint density at radius 1 is 1.07 bits per heavy atom.